The Morgan fingerprint density at radius 3 is 2.82 bits per heavy atom. The SMILES string of the molecule is CCN=C(NCC)SCC#N. The van der Waals surface area contributed by atoms with E-state index in [0.717, 1.165) is 18.3 Å². The number of hydrogen-bond acceptors (Lipinski definition) is 3. The second-order valence-electron chi connectivity index (χ2n) is 1.76. The van der Waals surface area contributed by atoms with E-state index in [1.807, 2.05) is 13.8 Å². The Hall–Kier alpha value is -0.690. The molecule has 0 rings (SSSR count). The van der Waals surface area contributed by atoms with Crippen molar-refractivity contribution < 1.29 is 0 Å². The second kappa shape index (κ2) is 7.42. The summed E-state index contributed by atoms with van der Waals surface area (Å²) < 4.78 is 0. The Labute approximate surface area is 71.9 Å². The fourth-order valence-corrected chi connectivity index (χ4v) is 1.22. The third kappa shape index (κ3) is 5.74. The first-order valence-corrected chi connectivity index (χ1v) is 4.61. The molecule has 0 saturated heterocycles. The van der Waals surface area contributed by atoms with Crippen LogP contribution in [0.2, 0.25) is 0 Å². The number of thioether (sulfide) groups is 1. The molecule has 0 saturated carbocycles. The Bertz CT molecular complexity index is 160. The maximum absolute atomic E-state index is 8.30. The monoisotopic (exact) mass is 171 g/mol. The summed E-state index contributed by atoms with van der Waals surface area (Å²) in [4.78, 5) is 4.17. The minimum Gasteiger partial charge on any atom is -0.365 e. The van der Waals surface area contributed by atoms with E-state index in [4.69, 9.17) is 5.26 Å². The molecule has 0 aliphatic carbocycles. The number of amidine groups is 1. The number of rotatable bonds is 3. The lowest BCUT2D eigenvalue weighted by Gasteiger charge is -2.03. The van der Waals surface area contributed by atoms with Gasteiger partial charge in [0.05, 0.1) is 11.8 Å². The Balaban J connectivity index is 3.71. The van der Waals surface area contributed by atoms with Crippen LogP contribution in [-0.2, 0) is 0 Å². The van der Waals surface area contributed by atoms with E-state index >= 15 is 0 Å². The van der Waals surface area contributed by atoms with Crippen LogP contribution >= 0.6 is 11.8 Å². The van der Waals surface area contributed by atoms with Crippen molar-refractivity contribution in [2.75, 3.05) is 18.8 Å². The van der Waals surface area contributed by atoms with Crippen molar-refractivity contribution in [3.8, 4) is 6.07 Å². The zero-order chi connectivity index (χ0) is 8.53. The molecule has 62 valence electrons. The minimum atomic E-state index is 0.464. The topological polar surface area (TPSA) is 48.2 Å². The molecule has 0 aliphatic heterocycles. The highest BCUT2D eigenvalue weighted by Crippen LogP contribution is 1.99. The first-order chi connectivity index (χ1) is 5.35. The zero-order valence-electron chi connectivity index (χ0n) is 6.92. The summed E-state index contributed by atoms with van der Waals surface area (Å²) in [5.74, 6) is 0.464. The average molecular weight is 171 g/mol. The van der Waals surface area contributed by atoms with Gasteiger partial charge in [0, 0.05) is 13.1 Å². The summed E-state index contributed by atoms with van der Waals surface area (Å²) in [5.41, 5.74) is 0. The highest BCUT2D eigenvalue weighted by molar-refractivity contribution is 8.14. The van der Waals surface area contributed by atoms with E-state index in [9.17, 15) is 0 Å². The van der Waals surface area contributed by atoms with Crippen LogP contribution in [0.3, 0.4) is 0 Å². The van der Waals surface area contributed by atoms with Gasteiger partial charge < -0.3 is 5.32 Å². The molecule has 0 fully saturated rings. The summed E-state index contributed by atoms with van der Waals surface area (Å²) in [7, 11) is 0. The van der Waals surface area contributed by atoms with E-state index < -0.39 is 0 Å². The van der Waals surface area contributed by atoms with Gasteiger partial charge in [0.2, 0.25) is 0 Å². The van der Waals surface area contributed by atoms with E-state index in [1.54, 1.807) is 0 Å². The predicted octanol–water partition coefficient (Wildman–Crippen LogP) is 1.23. The molecule has 3 nitrogen and oxygen atoms in total. The number of aliphatic imine (C=N–C) groups is 1. The summed E-state index contributed by atoms with van der Waals surface area (Å²) in [6, 6.07) is 2.06. The standard InChI is InChI=1S/C7H13N3S/c1-3-9-7(10-4-2)11-6-5-8/h3-4,6H2,1-2H3,(H,9,10). The largest absolute Gasteiger partial charge is 0.365 e. The van der Waals surface area contributed by atoms with Gasteiger partial charge in [-0.05, 0) is 13.8 Å². The third-order valence-electron chi connectivity index (χ3n) is 0.903. The van der Waals surface area contributed by atoms with Crippen LogP contribution in [0.25, 0.3) is 0 Å². The van der Waals surface area contributed by atoms with Crippen LogP contribution in [0.15, 0.2) is 4.99 Å². The highest BCUT2D eigenvalue weighted by Gasteiger charge is 1.94. The summed E-state index contributed by atoms with van der Waals surface area (Å²) in [6.07, 6.45) is 0. The highest BCUT2D eigenvalue weighted by atomic mass is 32.2. The summed E-state index contributed by atoms with van der Waals surface area (Å²) >= 11 is 1.45. The van der Waals surface area contributed by atoms with Crippen molar-refractivity contribution >= 4 is 16.9 Å². The molecule has 0 heterocycles. The second-order valence-corrected chi connectivity index (χ2v) is 2.72. The molecule has 11 heavy (non-hydrogen) atoms. The molecule has 0 aliphatic rings. The smallest absolute Gasteiger partial charge is 0.157 e. The molecule has 0 aromatic carbocycles. The maximum Gasteiger partial charge on any atom is 0.157 e. The predicted molar refractivity (Wildman–Crippen MR) is 49.7 cm³/mol. The van der Waals surface area contributed by atoms with Gasteiger partial charge in [-0.2, -0.15) is 5.26 Å². The lowest BCUT2D eigenvalue weighted by molar-refractivity contribution is 0.965. The Kier molecular flexibility index (Phi) is 6.95. The third-order valence-corrected chi connectivity index (χ3v) is 1.72. The number of hydrogen-bond donors (Lipinski definition) is 1. The van der Waals surface area contributed by atoms with Crippen LogP contribution < -0.4 is 5.32 Å². The van der Waals surface area contributed by atoms with Crippen LogP contribution in [0.4, 0.5) is 0 Å². The van der Waals surface area contributed by atoms with E-state index in [-0.39, 0.29) is 0 Å². The summed E-state index contributed by atoms with van der Waals surface area (Å²) in [6.45, 7) is 5.61. The number of nitrogens with zero attached hydrogens (tertiary/aromatic N) is 2. The molecular weight excluding hydrogens is 158 g/mol. The van der Waals surface area contributed by atoms with Gasteiger partial charge in [-0.25, -0.2) is 0 Å². The quantitative estimate of drug-likeness (QED) is 0.513. The van der Waals surface area contributed by atoms with Crippen molar-refractivity contribution in [2.45, 2.75) is 13.8 Å². The Morgan fingerprint density at radius 2 is 2.36 bits per heavy atom. The van der Waals surface area contributed by atoms with Crippen LogP contribution in [0, 0.1) is 11.3 Å². The molecule has 0 unspecified atom stereocenters. The first kappa shape index (κ1) is 10.3. The lowest BCUT2D eigenvalue weighted by atomic mass is 10.7. The van der Waals surface area contributed by atoms with Crippen molar-refractivity contribution in [3.63, 3.8) is 0 Å². The van der Waals surface area contributed by atoms with Crippen molar-refractivity contribution in [1.82, 2.24) is 5.32 Å². The van der Waals surface area contributed by atoms with E-state index in [0.29, 0.717) is 5.75 Å². The maximum atomic E-state index is 8.30. The van der Waals surface area contributed by atoms with Gasteiger partial charge in [0.25, 0.3) is 0 Å². The minimum absolute atomic E-state index is 0.464. The molecule has 4 heteroatoms. The first-order valence-electron chi connectivity index (χ1n) is 3.63. The van der Waals surface area contributed by atoms with Gasteiger partial charge in [-0.3, -0.25) is 4.99 Å². The van der Waals surface area contributed by atoms with Crippen LogP contribution in [0.1, 0.15) is 13.8 Å². The van der Waals surface area contributed by atoms with Crippen molar-refractivity contribution in [1.29, 1.82) is 5.26 Å². The molecule has 0 radical (unpaired) electrons. The van der Waals surface area contributed by atoms with Crippen molar-refractivity contribution in [2.24, 2.45) is 4.99 Å². The average Bonchev–Trinajstić information content (AvgIpc) is 2.01. The Morgan fingerprint density at radius 1 is 1.64 bits per heavy atom. The number of nitriles is 1. The molecule has 1 N–H and O–H groups in total. The summed E-state index contributed by atoms with van der Waals surface area (Å²) in [5, 5.41) is 12.2. The molecule has 0 aromatic rings. The van der Waals surface area contributed by atoms with E-state index in [1.165, 1.54) is 11.8 Å². The molecule has 0 amide bonds. The fraction of sp³-hybridized carbons (Fsp3) is 0.714. The van der Waals surface area contributed by atoms with Gasteiger partial charge >= 0.3 is 0 Å². The molecule has 0 bridgehead atoms. The molecule has 0 aromatic heterocycles. The normalized spacial score (nSPS) is 10.8. The van der Waals surface area contributed by atoms with Crippen LogP contribution in [0.5, 0.6) is 0 Å². The van der Waals surface area contributed by atoms with Gasteiger partial charge in [0.1, 0.15) is 0 Å². The zero-order valence-corrected chi connectivity index (χ0v) is 7.74. The molecule has 0 spiro atoms. The number of nitrogens with one attached hydrogen (secondary N) is 1. The van der Waals surface area contributed by atoms with Gasteiger partial charge in [-0.1, -0.05) is 11.8 Å². The fourth-order valence-electron chi connectivity index (χ4n) is 0.548. The van der Waals surface area contributed by atoms with Crippen molar-refractivity contribution in [3.05, 3.63) is 0 Å². The van der Waals surface area contributed by atoms with Gasteiger partial charge in [0.15, 0.2) is 5.17 Å². The van der Waals surface area contributed by atoms with Crippen LogP contribution in [-0.4, -0.2) is 24.0 Å². The lowest BCUT2D eigenvalue weighted by Crippen LogP contribution is -2.20. The molecule has 0 atom stereocenters. The van der Waals surface area contributed by atoms with E-state index in [2.05, 4.69) is 16.4 Å². The van der Waals surface area contributed by atoms with Gasteiger partial charge in [-0.15, -0.1) is 0 Å². The molecular formula is C7H13N3S.